The smallest absolute Gasteiger partial charge is 0.124 e. The summed E-state index contributed by atoms with van der Waals surface area (Å²) >= 11 is 0. The SMILES string of the molecule is CCCn1cc(C(N)c2ccc(C)cc2OC)cn1. The molecule has 4 heteroatoms. The fourth-order valence-corrected chi connectivity index (χ4v) is 2.15. The first-order valence-corrected chi connectivity index (χ1v) is 6.58. The fourth-order valence-electron chi connectivity index (χ4n) is 2.15. The molecule has 0 saturated heterocycles. The van der Waals surface area contributed by atoms with Crippen molar-refractivity contribution in [3.8, 4) is 5.75 Å². The van der Waals surface area contributed by atoms with Crippen LogP contribution in [0, 0.1) is 6.92 Å². The molecule has 2 aromatic rings. The van der Waals surface area contributed by atoms with E-state index in [2.05, 4.69) is 12.0 Å². The molecule has 0 radical (unpaired) electrons. The van der Waals surface area contributed by atoms with Crippen LogP contribution in [0.2, 0.25) is 0 Å². The van der Waals surface area contributed by atoms with E-state index < -0.39 is 0 Å². The highest BCUT2D eigenvalue weighted by atomic mass is 16.5. The van der Waals surface area contributed by atoms with Crippen molar-refractivity contribution in [1.82, 2.24) is 9.78 Å². The van der Waals surface area contributed by atoms with E-state index in [-0.39, 0.29) is 6.04 Å². The van der Waals surface area contributed by atoms with Crippen molar-refractivity contribution in [2.24, 2.45) is 5.73 Å². The number of aromatic nitrogens is 2. The molecule has 1 heterocycles. The maximum Gasteiger partial charge on any atom is 0.124 e. The van der Waals surface area contributed by atoms with Crippen LogP contribution in [0.3, 0.4) is 0 Å². The highest BCUT2D eigenvalue weighted by Gasteiger charge is 2.15. The molecular formula is C15H21N3O. The maximum atomic E-state index is 6.32. The summed E-state index contributed by atoms with van der Waals surface area (Å²) < 4.78 is 7.34. The van der Waals surface area contributed by atoms with Gasteiger partial charge in [-0.05, 0) is 25.0 Å². The van der Waals surface area contributed by atoms with Crippen molar-refractivity contribution < 1.29 is 4.74 Å². The lowest BCUT2D eigenvalue weighted by Crippen LogP contribution is -2.12. The highest BCUT2D eigenvalue weighted by Crippen LogP contribution is 2.28. The van der Waals surface area contributed by atoms with Crippen LogP contribution in [0.15, 0.2) is 30.6 Å². The summed E-state index contributed by atoms with van der Waals surface area (Å²) in [5.74, 6) is 0.829. The Morgan fingerprint density at radius 3 is 2.89 bits per heavy atom. The molecule has 0 aliphatic heterocycles. The number of hydrogen-bond acceptors (Lipinski definition) is 3. The lowest BCUT2D eigenvalue weighted by Gasteiger charge is -2.15. The zero-order valence-electron chi connectivity index (χ0n) is 11.8. The van der Waals surface area contributed by atoms with Crippen LogP contribution < -0.4 is 10.5 Å². The molecule has 1 aromatic heterocycles. The van der Waals surface area contributed by atoms with Crippen molar-refractivity contribution in [3.05, 3.63) is 47.3 Å². The molecule has 102 valence electrons. The first-order valence-electron chi connectivity index (χ1n) is 6.58. The van der Waals surface area contributed by atoms with Crippen LogP contribution in [-0.4, -0.2) is 16.9 Å². The molecule has 0 amide bonds. The monoisotopic (exact) mass is 259 g/mol. The number of hydrogen-bond donors (Lipinski definition) is 1. The molecule has 0 spiro atoms. The van der Waals surface area contributed by atoms with Crippen LogP contribution in [0.25, 0.3) is 0 Å². The summed E-state index contributed by atoms with van der Waals surface area (Å²) in [6, 6.07) is 5.87. The highest BCUT2D eigenvalue weighted by molar-refractivity contribution is 5.42. The predicted octanol–water partition coefficient (Wildman–Crippen LogP) is 2.66. The Morgan fingerprint density at radius 2 is 2.21 bits per heavy atom. The first kappa shape index (κ1) is 13.6. The predicted molar refractivity (Wildman–Crippen MR) is 76.3 cm³/mol. The normalized spacial score (nSPS) is 12.4. The van der Waals surface area contributed by atoms with Gasteiger partial charge in [-0.15, -0.1) is 0 Å². The molecule has 2 N–H and O–H groups in total. The van der Waals surface area contributed by atoms with Gasteiger partial charge in [0, 0.05) is 23.9 Å². The standard InChI is InChI=1S/C15H21N3O/c1-4-7-18-10-12(9-17-18)15(16)13-6-5-11(2)8-14(13)19-3/h5-6,8-10,15H,4,7,16H2,1-3H3. The van der Waals surface area contributed by atoms with Crippen LogP contribution in [0.4, 0.5) is 0 Å². The van der Waals surface area contributed by atoms with E-state index in [1.165, 1.54) is 0 Å². The minimum Gasteiger partial charge on any atom is -0.496 e. The molecule has 0 bridgehead atoms. The molecule has 0 aliphatic carbocycles. The van der Waals surface area contributed by atoms with Gasteiger partial charge in [0.15, 0.2) is 0 Å². The van der Waals surface area contributed by atoms with Gasteiger partial charge in [-0.25, -0.2) is 0 Å². The van der Waals surface area contributed by atoms with Crippen molar-refractivity contribution in [2.75, 3.05) is 7.11 Å². The van der Waals surface area contributed by atoms with Crippen molar-refractivity contribution in [1.29, 1.82) is 0 Å². The number of rotatable bonds is 5. The second-order valence-electron chi connectivity index (χ2n) is 4.76. The molecular weight excluding hydrogens is 238 g/mol. The third-order valence-electron chi connectivity index (χ3n) is 3.19. The average molecular weight is 259 g/mol. The largest absolute Gasteiger partial charge is 0.496 e. The van der Waals surface area contributed by atoms with E-state index in [1.807, 2.05) is 42.2 Å². The Balaban J connectivity index is 2.29. The van der Waals surface area contributed by atoms with E-state index >= 15 is 0 Å². The minimum atomic E-state index is -0.207. The van der Waals surface area contributed by atoms with Gasteiger partial charge in [0.25, 0.3) is 0 Å². The first-order chi connectivity index (χ1) is 9.15. The van der Waals surface area contributed by atoms with Gasteiger partial charge in [-0.1, -0.05) is 19.1 Å². The maximum absolute atomic E-state index is 6.32. The van der Waals surface area contributed by atoms with Gasteiger partial charge in [0.05, 0.1) is 19.3 Å². The van der Waals surface area contributed by atoms with Crippen molar-refractivity contribution in [2.45, 2.75) is 32.9 Å². The molecule has 4 nitrogen and oxygen atoms in total. The van der Waals surface area contributed by atoms with E-state index in [4.69, 9.17) is 10.5 Å². The Morgan fingerprint density at radius 1 is 1.42 bits per heavy atom. The van der Waals surface area contributed by atoms with E-state index in [9.17, 15) is 0 Å². The van der Waals surface area contributed by atoms with Crippen molar-refractivity contribution >= 4 is 0 Å². The lowest BCUT2D eigenvalue weighted by atomic mass is 10.00. The molecule has 19 heavy (non-hydrogen) atoms. The number of aryl methyl sites for hydroxylation is 2. The summed E-state index contributed by atoms with van der Waals surface area (Å²) in [6.07, 6.45) is 4.90. The minimum absolute atomic E-state index is 0.207. The van der Waals surface area contributed by atoms with E-state index in [0.29, 0.717) is 0 Å². The molecule has 1 atom stereocenters. The van der Waals surface area contributed by atoms with Crippen LogP contribution in [0.5, 0.6) is 5.75 Å². The topological polar surface area (TPSA) is 53.1 Å². The number of methoxy groups -OCH3 is 1. The van der Waals surface area contributed by atoms with Crippen LogP contribution >= 0.6 is 0 Å². The number of benzene rings is 1. The second kappa shape index (κ2) is 5.89. The zero-order valence-corrected chi connectivity index (χ0v) is 11.8. The van der Waals surface area contributed by atoms with Crippen LogP contribution in [-0.2, 0) is 6.54 Å². The Labute approximate surface area is 114 Å². The molecule has 1 unspecified atom stereocenters. The summed E-state index contributed by atoms with van der Waals surface area (Å²) in [4.78, 5) is 0. The summed E-state index contributed by atoms with van der Waals surface area (Å²) in [5.41, 5.74) is 9.48. The van der Waals surface area contributed by atoms with Crippen molar-refractivity contribution in [3.63, 3.8) is 0 Å². The van der Waals surface area contributed by atoms with Gasteiger partial charge >= 0.3 is 0 Å². The summed E-state index contributed by atoms with van der Waals surface area (Å²) in [5, 5.41) is 4.32. The number of nitrogens with zero attached hydrogens (tertiary/aromatic N) is 2. The number of ether oxygens (including phenoxy) is 1. The van der Waals surface area contributed by atoms with Gasteiger partial charge in [-0.3, -0.25) is 4.68 Å². The fraction of sp³-hybridized carbons (Fsp3) is 0.400. The van der Waals surface area contributed by atoms with E-state index in [0.717, 1.165) is 35.4 Å². The Bertz CT molecular complexity index is 548. The van der Waals surface area contributed by atoms with Gasteiger partial charge in [0.2, 0.25) is 0 Å². The molecule has 0 aliphatic rings. The van der Waals surface area contributed by atoms with Crippen LogP contribution in [0.1, 0.15) is 36.1 Å². The quantitative estimate of drug-likeness (QED) is 0.898. The zero-order chi connectivity index (χ0) is 13.8. The molecule has 0 saturated carbocycles. The van der Waals surface area contributed by atoms with E-state index in [1.54, 1.807) is 7.11 Å². The number of nitrogens with two attached hydrogens (primary N) is 1. The second-order valence-corrected chi connectivity index (χ2v) is 4.76. The Kier molecular flexibility index (Phi) is 4.22. The molecule has 2 rings (SSSR count). The lowest BCUT2D eigenvalue weighted by molar-refractivity contribution is 0.407. The average Bonchev–Trinajstić information content (AvgIpc) is 2.87. The third-order valence-corrected chi connectivity index (χ3v) is 3.19. The molecule has 0 fully saturated rings. The molecule has 1 aromatic carbocycles. The van der Waals surface area contributed by atoms with Gasteiger partial charge in [-0.2, -0.15) is 5.10 Å². The summed E-state index contributed by atoms with van der Waals surface area (Å²) in [6.45, 7) is 5.08. The van der Waals surface area contributed by atoms with Gasteiger partial charge in [0.1, 0.15) is 5.75 Å². The third kappa shape index (κ3) is 2.96. The Hall–Kier alpha value is -1.81. The van der Waals surface area contributed by atoms with Gasteiger partial charge < -0.3 is 10.5 Å². The summed E-state index contributed by atoms with van der Waals surface area (Å²) in [7, 11) is 1.67.